The van der Waals surface area contributed by atoms with Gasteiger partial charge in [0.1, 0.15) is 0 Å². The van der Waals surface area contributed by atoms with E-state index < -0.39 is 0 Å². The molecule has 0 aliphatic rings. The molecule has 104 valence electrons. The lowest BCUT2D eigenvalue weighted by Crippen LogP contribution is -2.03. The van der Waals surface area contributed by atoms with Crippen molar-refractivity contribution in [3.05, 3.63) is 65.7 Å². The van der Waals surface area contributed by atoms with Crippen LogP contribution in [0.2, 0.25) is 0 Å². The fourth-order valence-corrected chi connectivity index (χ4v) is 2.62. The summed E-state index contributed by atoms with van der Waals surface area (Å²) < 4.78 is 1.87. The maximum Gasteiger partial charge on any atom is 0.275 e. The molecule has 0 saturated carbocycles. The third kappa shape index (κ3) is 3.69. The van der Waals surface area contributed by atoms with E-state index in [9.17, 15) is 10.1 Å². The summed E-state index contributed by atoms with van der Waals surface area (Å²) in [5.74, 6) is 0. The molecule has 0 bridgehead atoms. The number of benzene rings is 2. The summed E-state index contributed by atoms with van der Waals surface area (Å²) in [6, 6.07) is 11.1. The number of anilines is 1. The molecule has 20 heavy (non-hydrogen) atoms. The molecule has 0 amide bonds. The Bertz CT molecular complexity index is 662. The second-order valence-electron chi connectivity index (χ2n) is 4.35. The lowest BCUT2D eigenvalue weighted by molar-refractivity contribution is -0.385. The Morgan fingerprint density at radius 1 is 1.30 bits per heavy atom. The third-order valence-corrected chi connectivity index (χ3v) is 4.55. The molecule has 6 heteroatoms. The molecule has 0 aliphatic heterocycles. The van der Waals surface area contributed by atoms with Crippen molar-refractivity contribution in [2.45, 2.75) is 13.5 Å². The van der Waals surface area contributed by atoms with Crippen molar-refractivity contribution in [3.8, 4) is 0 Å². The monoisotopic (exact) mass is 446 g/mol. The van der Waals surface area contributed by atoms with Crippen molar-refractivity contribution in [1.29, 1.82) is 0 Å². The number of hydrogen-bond donors (Lipinski definition) is 1. The zero-order valence-corrected chi connectivity index (χ0v) is 14.4. The number of nitro benzene ring substituents is 1. The van der Waals surface area contributed by atoms with Crippen molar-refractivity contribution >= 4 is 49.9 Å². The van der Waals surface area contributed by atoms with Crippen LogP contribution in [0.3, 0.4) is 0 Å². The van der Waals surface area contributed by atoms with Gasteiger partial charge in [0.2, 0.25) is 0 Å². The van der Waals surface area contributed by atoms with Crippen molar-refractivity contribution in [1.82, 2.24) is 0 Å². The lowest BCUT2D eigenvalue weighted by Gasteiger charge is -2.09. The van der Waals surface area contributed by atoms with E-state index in [0.29, 0.717) is 16.6 Å². The first-order valence-electron chi connectivity index (χ1n) is 5.90. The van der Waals surface area contributed by atoms with E-state index in [2.05, 4.69) is 43.8 Å². The molecule has 4 nitrogen and oxygen atoms in total. The molecule has 0 spiro atoms. The van der Waals surface area contributed by atoms with Gasteiger partial charge in [0.05, 0.1) is 4.92 Å². The predicted octanol–water partition coefficient (Wildman–Crippen LogP) is 4.88. The number of aryl methyl sites for hydroxylation is 1. The third-order valence-electron chi connectivity index (χ3n) is 2.90. The van der Waals surface area contributed by atoms with Gasteiger partial charge in [-0.2, -0.15) is 0 Å². The highest BCUT2D eigenvalue weighted by atomic mass is 127. The Morgan fingerprint density at radius 3 is 2.70 bits per heavy atom. The van der Waals surface area contributed by atoms with Gasteiger partial charge in [-0.25, -0.2) is 0 Å². The smallest absolute Gasteiger partial charge is 0.275 e. The Balaban J connectivity index is 2.18. The minimum absolute atomic E-state index is 0.119. The van der Waals surface area contributed by atoms with E-state index in [1.807, 2.05) is 31.2 Å². The average molecular weight is 447 g/mol. The highest BCUT2D eigenvalue weighted by Crippen LogP contribution is 2.25. The number of halogens is 2. The van der Waals surface area contributed by atoms with Crippen LogP contribution in [0.4, 0.5) is 11.4 Å². The fourth-order valence-electron chi connectivity index (χ4n) is 1.76. The van der Waals surface area contributed by atoms with Crippen LogP contribution in [0, 0.1) is 20.6 Å². The van der Waals surface area contributed by atoms with E-state index in [4.69, 9.17) is 0 Å². The zero-order valence-electron chi connectivity index (χ0n) is 10.7. The van der Waals surface area contributed by atoms with Gasteiger partial charge < -0.3 is 5.32 Å². The highest BCUT2D eigenvalue weighted by molar-refractivity contribution is 14.1. The van der Waals surface area contributed by atoms with Gasteiger partial charge in [-0.1, -0.05) is 22.0 Å². The summed E-state index contributed by atoms with van der Waals surface area (Å²) >= 11 is 5.52. The molecular weight excluding hydrogens is 435 g/mol. The predicted molar refractivity (Wildman–Crippen MR) is 92.0 cm³/mol. The van der Waals surface area contributed by atoms with Crippen molar-refractivity contribution in [2.24, 2.45) is 0 Å². The van der Waals surface area contributed by atoms with Gasteiger partial charge in [-0.15, -0.1) is 0 Å². The molecule has 0 unspecified atom stereocenters. The summed E-state index contributed by atoms with van der Waals surface area (Å²) in [5.41, 5.74) is 2.95. The Morgan fingerprint density at radius 2 is 2.05 bits per heavy atom. The number of nitrogens with zero attached hydrogens (tertiary/aromatic N) is 1. The molecule has 0 fully saturated rings. The summed E-state index contributed by atoms with van der Waals surface area (Å²) in [5, 5.41) is 14.3. The van der Waals surface area contributed by atoms with Crippen LogP contribution in [0.15, 0.2) is 40.9 Å². The molecule has 0 radical (unpaired) electrons. The van der Waals surface area contributed by atoms with Gasteiger partial charge in [0, 0.05) is 31.9 Å². The quantitative estimate of drug-likeness (QED) is 0.413. The van der Waals surface area contributed by atoms with Gasteiger partial charge in [0.25, 0.3) is 5.69 Å². The van der Waals surface area contributed by atoms with E-state index in [0.717, 1.165) is 9.26 Å². The number of nitro groups is 1. The normalized spacial score (nSPS) is 10.3. The van der Waals surface area contributed by atoms with Crippen molar-refractivity contribution < 1.29 is 4.92 Å². The fraction of sp³-hybridized carbons (Fsp3) is 0.143. The van der Waals surface area contributed by atoms with Crippen molar-refractivity contribution in [2.75, 3.05) is 5.32 Å². The van der Waals surface area contributed by atoms with Crippen LogP contribution in [0.5, 0.6) is 0 Å². The second-order valence-corrected chi connectivity index (χ2v) is 6.43. The molecule has 0 heterocycles. The van der Waals surface area contributed by atoms with Crippen LogP contribution in [0.1, 0.15) is 11.1 Å². The van der Waals surface area contributed by atoms with Crippen LogP contribution >= 0.6 is 38.5 Å². The summed E-state index contributed by atoms with van der Waals surface area (Å²) in [6.07, 6.45) is 0. The average Bonchev–Trinajstić information content (AvgIpc) is 2.41. The standard InChI is InChI=1S/C14H12BrIN2O2/c1-9-2-5-12(7-13(9)16)17-8-10-3-4-11(15)6-14(10)18(19)20/h2-7,17H,8H2,1H3. The van der Waals surface area contributed by atoms with Gasteiger partial charge in [-0.05, 0) is 59.3 Å². The van der Waals surface area contributed by atoms with Crippen LogP contribution in [0.25, 0.3) is 0 Å². The molecule has 0 saturated heterocycles. The van der Waals surface area contributed by atoms with Crippen LogP contribution in [-0.2, 0) is 6.54 Å². The first-order chi connectivity index (χ1) is 9.47. The number of rotatable bonds is 4. The Kier molecular flexibility index (Phi) is 4.98. The van der Waals surface area contributed by atoms with Gasteiger partial charge in [0.15, 0.2) is 0 Å². The molecule has 2 aromatic carbocycles. The summed E-state index contributed by atoms with van der Waals surface area (Å²) in [7, 11) is 0. The number of hydrogen-bond acceptors (Lipinski definition) is 3. The lowest BCUT2D eigenvalue weighted by atomic mass is 10.1. The number of nitrogens with one attached hydrogen (secondary N) is 1. The first-order valence-corrected chi connectivity index (χ1v) is 7.77. The molecule has 2 aromatic rings. The van der Waals surface area contributed by atoms with Gasteiger partial charge in [-0.3, -0.25) is 10.1 Å². The Labute approximate surface area is 139 Å². The molecule has 1 N–H and O–H groups in total. The van der Waals surface area contributed by atoms with E-state index in [-0.39, 0.29) is 10.6 Å². The molecular formula is C14H12BrIN2O2. The summed E-state index contributed by atoms with van der Waals surface area (Å²) in [6.45, 7) is 2.47. The van der Waals surface area contributed by atoms with E-state index >= 15 is 0 Å². The first kappa shape index (κ1) is 15.2. The van der Waals surface area contributed by atoms with Crippen LogP contribution in [-0.4, -0.2) is 4.92 Å². The highest BCUT2D eigenvalue weighted by Gasteiger charge is 2.13. The minimum atomic E-state index is -0.360. The molecule has 0 atom stereocenters. The topological polar surface area (TPSA) is 55.2 Å². The maximum absolute atomic E-state index is 11.0. The molecule has 2 rings (SSSR count). The second kappa shape index (κ2) is 6.53. The van der Waals surface area contributed by atoms with E-state index in [1.165, 1.54) is 11.6 Å². The SMILES string of the molecule is Cc1ccc(NCc2ccc(Br)cc2[N+](=O)[O-])cc1I. The van der Waals surface area contributed by atoms with E-state index in [1.54, 1.807) is 6.07 Å². The largest absolute Gasteiger partial charge is 0.381 e. The summed E-state index contributed by atoms with van der Waals surface area (Å²) in [4.78, 5) is 10.7. The van der Waals surface area contributed by atoms with Crippen molar-refractivity contribution in [3.63, 3.8) is 0 Å². The maximum atomic E-state index is 11.0. The van der Waals surface area contributed by atoms with Crippen LogP contribution < -0.4 is 5.32 Å². The molecule has 0 aliphatic carbocycles. The zero-order chi connectivity index (χ0) is 14.7. The van der Waals surface area contributed by atoms with Gasteiger partial charge >= 0.3 is 0 Å². The molecule has 0 aromatic heterocycles. The Hall–Kier alpha value is -1.15. The minimum Gasteiger partial charge on any atom is -0.381 e.